The second kappa shape index (κ2) is 13.2. The number of benzene rings is 2. The number of carbonyl (C=O) groups is 3. The van der Waals surface area contributed by atoms with Gasteiger partial charge in [0.25, 0.3) is 5.91 Å². The third-order valence-corrected chi connectivity index (χ3v) is 6.50. The Morgan fingerprint density at radius 2 is 1.85 bits per heavy atom. The van der Waals surface area contributed by atoms with E-state index in [1.165, 1.54) is 4.90 Å². The molecule has 5 amide bonds. The molecule has 4 N–H and O–H groups in total. The van der Waals surface area contributed by atoms with E-state index in [2.05, 4.69) is 16.0 Å². The van der Waals surface area contributed by atoms with Crippen LogP contribution in [0.15, 0.2) is 42.5 Å². The molecule has 1 heterocycles. The summed E-state index contributed by atoms with van der Waals surface area (Å²) in [5, 5.41) is 18.3. The van der Waals surface area contributed by atoms with E-state index in [4.69, 9.17) is 9.47 Å². The highest BCUT2D eigenvalue weighted by molar-refractivity contribution is 6.01. The molecule has 39 heavy (non-hydrogen) atoms. The number of aliphatic hydroxyl groups excluding tert-OH is 1. The van der Waals surface area contributed by atoms with Gasteiger partial charge in [0.1, 0.15) is 11.9 Å². The van der Waals surface area contributed by atoms with Crippen molar-refractivity contribution in [2.45, 2.75) is 45.9 Å². The van der Waals surface area contributed by atoms with Crippen LogP contribution in [-0.2, 0) is 0 Å². The van der Waals surface area contributed by atoms with Gasteiger partial charge >= 0.3 is 12.1 Å². The smallest absolute Gasteiger partial charge is 0.321 e. The highest BCUT2D eigenvalue weighted by Gasteiger charge is 2.35. The number of nitrogens with one attached hydrogen (secondary N) is 3. The van der Waals surface area contributed by atoms with Gasteiger partial charge < -0.3 is 40.3 Å². The lowest BCUT2D eigenvalue weighted by molar-refractivity contribution is 0.0373. The maximum Gasteiger partial charge on any atom is 0.321 e. The summed E-state index contributed by atoms with van der Waals surface area (Å²) in [4.78, 5) is 42.2. The van der Waals surface area contributed by atoms with Crippen molar-refractivity contribution < 1.29 is 29.0 Å². The van der Waals surface area contributed by atoms with Gasteiger partial charge in [0.05, 0.1) is 37.6 Å². The van der Waals surface area contributed by atoms with E-state index >= 15 is 0 Å². The molecule has 212 valence electrons. The Hall–Kier alpha value is -3.99. The van der Waals surface area contributed by atoms with Gasteiger partial charge in [-0.15, -0.1) is 0 Å². The minimum absolute atomic E-state index is 0.0930. The quantitative estimate of drug-likeness (QED) is 0.404. The molecule has 11 nitrogen and oxygen atoms in total. The van der Waals surface area contributed by atoms with Crippen molar-refractivity contribution in [2.75, 3.05) is 44.5 Å². The fourth-order valence-corrected chi connectivity index (χ4v) is 4.23. The van der Waals surface area contributed by atoms with Crippen LogP contribution in [0.5, 0.6) is 11.5 Å². The number of hydrogen-bond acceptors (Lipinski definition) is 6. The normalized spacial score (nSPS) is 17.7. The number of urea groups is 2. The van der Waals surface area contributed by atoms with Crippen LogP contribution >= 0.6 is 0 Å². The number of hydrogen-bond donors (Lipinski definition) is 4. The lowest BCUT2D eigenvalue weighted by Gasteiger charge is -2.38. The summed E-state index contributed by atoms with van der Waals surface area (Å²) in [6, 6.07) is 10.7. The zero-order valence-corrected chi connectivity index (χ0v) is 23.4. The standard InChI is InChI=1S/C28H39N5O6/c1-17(2)29-27(36)31-23-9-7-8-22-25(23)39-24(18(3)14-33(26(22)35)19(4)16-34)15-32(5)28(37)30-20-10-12-21(38-6)13-11-20/h7-13,17-19,24,34H,14-16H2,1-6H3,(H,30,37)(H2,29,31,36)/t18-,19-,24-/m1/s1. The van der Waals surface area contributed by atoms with Crippen LogP contribution in [0.4, 0.5) is 21.0 Å². The Bertz CT molecular complexity index is 1160. The number of rotatable bonds is 8. The molecule has 2 aromatic carbocycles. The van der Waals surface area contributed by atoms with Gasteiger partial charge in [-0.1, -0.05) is 13.0 Å². The lowest BCUT2D eigenvalue weighted by atomic mass is 9.99. The lowest BCUT2D eigenvalue weighted by Crippen LogP contribution is -2.50. The van der Waals surface area contributed by atoms with Crippen molar-refractivity contribution in [3.63, 3.8) is 0 Å². The van der Waals surface area contributed by atoms with E-state index in [0.717, 1.165) is 0 Å². The zero-order valence-electron chi connectivity index (χ0n) is 23.4. The third-order valence-electron chi connectivity index (χ3n) is 6.50. The molecule has 0 aliphatic carbocycles. The number of anilines is 2. The monoisotopic (exact) mass is 541 g/mol. The van der Waals surface area contributed by atoms with Gasteiger partial charge in [0.2, 0.25) is 0 Å². The number of likely N-dealkylation sites (N-methyl/N-ethyl adjacent to an activating group) is 1. The van der Waals surface area contributed by atoms with Crippen LogP contribution in [0.3, 0.4) is 0 Å². The number of aliphatic hydroxyl groups is 1. The van der Waals surface area contributed by atoms with Gasteiger partial charge in [-0.3, -0.25) is 4.79 Å². The second-order valence-corrected chi connectivity index (χ2v) is 10.1. The van der Waals surface area contributed by atoms with Crippen molar-refractivity contribution in [3.8, 4) is 11.5 Å². The topological polar surface area (TPSA) is 132 Å². The predicted molar refractivity (Wildman–Crippen MR) is 150 cm³/mol. The predicted octanol–water partition coefficient (Wildman–Crippen LogP) is 3.61. The van der Waals surface area contributed by atoms with Crippen LogP contribution < -0.4 is 25.4 Å². The Balaban J connectivity index is 1.90. The molecule has 3 atom stereocenters. The summed E-state index contributed by atoms with van der Waals surface area (Å²) in [6.45, 7) is 7.68. The van der Waals surface area contributed by atoms with Crippen molar-refractivity contribution in [1.29, 1.82) is 0 Å². The van der Waals surface area contributed by atoms with E-state index in [1.54, 1.807) is 68.4 Å². The molecular formula is C28H39N5O6. The van der Waals surface area contributed by atoms with E-state index in [9.17, 15) is 19.5 Å². The molecule has 3 rings (SSSR count). The molecule has 2 aromatic rings. The number of methoxy groups -OCH3 is 1. The molecule has 0 bridgehead atoms. The maximum absolute atomic E-state index is 13.6. The fraction of sp³-hybridized carbons (Fsp3) is 0.464. The van der Waals surface area contributed by atoms with E-state index in [-0.39, 0.29) is 48.4 Å². The summed E-state index contributed by atoms with van der Waals surface area (Å²) >= 11 is 0. The first-order valence-electron chi connectivity index (χ1n) is 13.0. The minimum atomic E-state index is -0.534. The molecule has 0 saturated carbocycles. The van der Waals surface area contributed by atoms with Crippen LogP contribution in [0, 0.1) is 5.92 Å². The van der Waals surface area contributed by atoms with E-state index in [0.29, 0.717) is 23.7 Å². The fourth-order valence-electron chi connectivity index (χ4n) is 4.23. The molecule has 1 aliphatic heterocycles. The Morgan fingerprint density at radius 1 is 1.15 bits per heavy atom. The average molecular weight is 542 g/mol. The first kappa shape index (κ1) is 29.6. The second-order valence-electron chi connectivity index (χ2n) is 10.1. The zero-order chi connectivity index (χ0) is 28.7. The number of fused-ring (bicyclic) bond motifs is 1. The number of amides is 5. The van der Waals surface area contributed by atoms with Gasteiger partial charge in [-0.2, -0.15) is 0 Å². The Kier molecular flexibility index (Phi) is 10.00. The van der Waals surface area contributed by atoms with Gasteiger partial charge in [0.15, 0.2) is 5.75 Å². The van der Waals surface area contributed by atoms with E-state index in [1.807, 2.05) is 20.8 Å². The summed E-state index contributed by atoms with van der Waals surface area (Å²) in [6.07, 6.45) is -0.534. The summed E-state index contributed by atoms with van der Waals surface area (Å²) in [5.41, 5.74) is 1.21. The van der Waals surface area contributed by atoms with Crippen LogP contribution in [0.2, 0.25) is 0 Å². The molecule has 0 aromatic heterocycles. The molecule has 11 heteroatoms. The Morgan fingerprint density at radius 3 is 2.46 bits per heavy atom. The SMILES string of the molecule is COc1ccc(NC(=O)N(C)C[C@H]2Oc3c(NC(=O)NC(C)C)cccc3C(=O)N([C@H](C)CO)C[C@H]2C)cc1. The molecule has 0 unspecified atom stereocenters. The van der Waals surface area contributed by atoms with Crippen LogP contribution in [0.25, 0.3) is 0 Å². The third kappa shape index (κ3) is 7.53. The number of carbonyl (C=O) groups excluding carboxylic acids is 3. The van der Waals surface area contributed by atoms with Crippen LogP contribution in [-0.4, -0.2) is 84.9 Å². The van der Waals surface area contributed by atoms with Gasteiger partial charge in [0, 0.05) is 31.2 Å². The maximum atomic E-state index is 13.6. The molecule has 0 spiro atoms. The largest absolute Gasteiger partial charge is 0.497 e. The van der Waals surface area contributed by atoms with Crippen molar-refractivity contribution in [3.05, 3.63) is 48.0 Å². The summed E-state index contributed by atoms with van der Waals surface area (Å²) < 4.78 is 11.6. The number of ether oxygens (including phenoxy) is 2. The van der Waals surface area contributed by atoms with Crippen molar-refractivity contribution >= 4 is 29.3 Å². The first-order valence-corrected chi connectivity index (χ1v) is 13.0. The number of nitrogens with zero attached hydrogens (tertiary/aromatic N) is 2. The van der Waals surface area contributed by atoms with E-state index < -0.39 is 18.2 Å². The highest BCUT2D eigenvalue weighted by Crippen LogP contribution is 2.35. The van der Waals surface area contributed by atoms with Crippen LogP contribution in [0.1, 0.15) is 38.1 Å². The Labute approximate surface area is 229 Å². The molecule has 1 aliphatic rings. The molecule has 0 radical (unpaired) electrons. The van der Waals surface area contributed by atoms with Crippen molar-refractivity contribution in [2.24, 2.45) is 5.92 Å². The molecule has 0 saturated heterocycles. The summed E-state index contributed by atoms with van der Waals surface area (Å²) in [5.74, 6) is 0.372. The average Bonchev–Trinajstić information content (AvgIpc) is 2.90. The highest BCUT2D eigenvalue weighted by atomic mass is 16.5. The molecular weight excluding hydrogens is 502 g/mol. The number of para-hydroxylation sites is 1. The minimum Gasteiger partial charge on any atom is -0.497 e. The van der Waals surface area contributed by atoms with Gasteiger partial charge in [-0.05, 0) is 57.2 Å². The molecule has 0 fully saturated rings. The van der Waals surface area contributed by atoms with Gasteiger partial charge in [-0.25, -0.2) is 9.59 Å². The summed E-state index contributed by atoms with van der Waals surface area (Å²) in [7, 11) is 3.23. The van der Waals surface area contributed by atoms with Crippen molar-refractivity contribution in [1.82, 2.24) is 15.1 Å². The first-order chi connectivity index (χ1) is 18.5.